The van der Waals surface area contributed by atoms with Crippen LogP contribution < -0.4 is 0 Å². The van der Waals surface area contributed by atoms with Crippen molar-refractivity contribution in [1.82, 2.24) is 0 Å². The summed E-state index contributed by atoms with van der Waals surface area (Å²) in [5, 5.41) is 9.48. The largest absolute Gasteiger partial charge is 0.390 e. The molecule has 0 bridgehead atoms. The van der Waals surface area contributed by atoms with Gasteiger partial charge in [0.2, 0.25) is 0 Å². The molecule has 0 amide bonds. The Labute approximate surface area is 92.1 Å². The van der Waals surface area contributed by atoms with Gasteiger partial charge < -0.3 is 9.84 Å². The van der Waals surface area contributed by atoms with E-state index >= 15 is 0 Å². The van der Waals surface area contributed by atoms with Crippen molar-refractivity contribution >= 4 is 5.78 Å². The van der Waals surface area contributed by atoms with E-state index in [-0.39, 0.29) is 5.78 Å². The Balaban J connectivity index is 4.17. The number of aliphatic hydroxyl groups is 1. The second-order valence-electron chi connectivity index (χ2n) is 5.03. The molecule has 3 heteroatoms. The quantitative estimate of drug-likeness (QED) is 0.689. The first-order chi connectivity index (χ1) is 6.56. The van der Waals surface area contributed by atoms with E-state index < -0.39 is 11.2 Å². The maximum Gasteiger partial charge on any atom is 0.189 e. The highest BCUT2D eigenvalue weighted by molar-refractivity contribution is 6.00. The highest BCUT2D eigenvalue weighted by Gasteiger charge is 2.29. The number of carbonyl (C=O) groups is 1. The molecule has 0 aliphatic carbocycles. The van der Waals surface area contributed by atoms with Gasteiger partial charge in [-0.1, -0.05) is 6.58 Å². The maximum absolute atomic E-state index is 11.6. The molecule has 0 radical (unpaired) electrons. The molecule has 1 N–H and O–H groups in total. The van der Waals surface area contributed by atoms with Crippen molar-refractivity contribution in [3.63, 3.8) is 0 Å². The molecule has 0 atom stereocenters. The lowest BCUT2D eigenvalue weighted by molar-refractivity contribution is -0.137. The van der Waals surface area contributed by atoms with Gasteiger partial charge in [-0.3, -0.25) is 4.79 Å². The summed E-state index contributed by atoms with van der Waals surface area (Å²) < 4.78 is 5.46. The fourth-order valence-electron chi connectivity index (χ4n) is 1.14. The van der Waals surface area contributed by atoms with Gasteiger partial charge in [-0.05, 0) is 46.6 Å². The average molecular weight is 214 g/mol. The van der Waals surface area contributed by atoms with Gasteiger partial charge in [0.1, 0.15) is 5.60 Å². The third kappa shape index (κ3) is 5.70. The molecule has 0 unspecified atom stereocenters. The zero-order valence-electron chi connectivity index (χ0n) is 10.4. The third-order valence-electron chi connectivity index (χ3n) is 2.11. The molecule has 0 aliphatic heterocycles. The Kier molecular flexibility index (Phi) is 4.68. The van der Waals surface area contributed by atoms with Gasteiger partial charge in [0, 0.05) is 0 Å². The van der Waals surface area contributed by atoms with Crippen molar-refractivity contribution in [2.45, 2.75) is 52.2 Å². The topological polar surface area (TPSA) is 46.5 Å². The molecule has 0 aromatic rings. The Morgan fingerprint density at radius 2 is 1.80 bits per heavy atom. The maximum atomic E-state index is 11.6. The predicted octanol–water partition coefficient (Wildman–Crippen LogP) is 2.09. The predicted molar refractivity (Wildman–Crippen MR) is 60.8 cm³/mol. The zero-order chi connectivity index (χ0) is 12.3. The van der Waals surface area contributed by atoms with Crippen LogP contribution in [0.2, 0.25) is 0 Å². The lowest BCUT2D eigenvalue weighted by Gasteiger charge is -2.26. The fourth-order valence-corrected chi connectivity index (χ4v) is 1.14. The summed E-state index contributed by atoms with van der Waals surface area (Å²) in [5.74, 6) is -0.0988. The number of rotatable bonds is 6. The molecular weight excluding hydrogens is 192 g/mol. The first kappa shape index (κ1) is 14.3. The van der Waals surface area contributed by atoms with Gasteiger partial charge in [-0.25, -0.2) is 0 Å². The Hall–Kier alpha value is -0.670. The molecule has 0 rings (SSSR count). The summed E-state index contributed by atoms with van der Waals surface area (Å²) in [6.45, 7) is 12.5. The van der Waals surface area contributed by atoms with Crippen LogP contribution >= 0.6 is 0 Å². The molecule has 88 valence electrons. The van der Waals surface area contributed by atoms with Crippen molar-refractivity contribution in [1.29, 1.82) is 0 Å². The summed E-state index contributed by atoms with van der Waals surface area (Å²) in [6, 6.07) is 0. The molecular formula is C12H22O3. The van der Waals surface area contributed by atoms with Crippen LogP contribution in [-0.2, 0) is 9.53 Å². The summed E-state index contributed by atoms with van der Waals surface area (Å²) in [4.78, 5) is 11.6. The van der Waals surface area contributed by atoms with Gasteiger partial charge in [0.15, 0.2) is 5.78 Å². The molecule has 0 aliphatic rings. The first-order valence-corrected chi connectivity index (χ1v) is 5.13. The molecule has 0 aromatic carbocycles. The van der Waals surface area contributed by atoms with E-state index in [1.165, 1.54) is 0 Å². The van der Waals surface area contributed by atoms with Crippen LogP contribution in [-0.4, -0.2) is 28.7 Å². The lowest BCUT2D eigenvalue weighted by atomic mass is 9.98. The van der Waals surface area contributed by atoms with Crippen molar-refractivity contribution in [2.24, 2.45) is 0 Å². The van der Waals surface area contributed by atoms with Crippen LogP contribution in [0, 0.1) is 0 Å². The number of hydrogen-bond acceptors (Lipinski definition) is 3. The van der Waals surface area contributed by atoms with Crippen LogP contribution in [0.3, 0.4) is 0 Å². The lowest BCUT2D eigenvalue weighted by Crippen LogP contribution is -2.37. The third-order valence-corrected chi connectivity index (χ3v) is 2.11. The normalized spacial score (nSPS) is 12.7. The Bertz CT molecular complexity index is 246. The Morgan fingerprint density at radius 1 is 1.33 bits per heavy atom. The fraction of sp³-hybridized carbons (Fsp3) is 0.750. The molecule has 0 spiro atoms. The Morgan fingerprint density at radius 3 is 2.13 bits per heavy atom. The highest BCUT2D eigenvalue weighted by atomic mass is 16.5. The zero-order valence-corrected chi connectivity index (χ0v) is 10.4. The van der Waals surface area contributed by atoms with Crippen LogP contribution in [0.5, 0.6) is 0 Å². The number of ether oxygens (including phenoxy) is 1. The van der Waals surface area contributed by atoms with Crippen molar-refractivity contribution in [2.75, 3.05) is 6.61 Å². The number of hydrogen-bond donors (Lipinski definition) is 1. The number of Topliss-reactive ketones (excluding diaryl/α,β-unsaturated/α-hetero) is 1. The minimum atomic E-state index is -0.850. The molecule has 0 fully saturated rings. The number of ketones is 1. The molecule has 0 saturated heterocycles. The van der Waals surface area contributed by atoms with Gasteiger partial charge in [-0.2, -0.15) is 0 Å². The van der Waals surface area contributed by atoms with E-state index in [1.807, 2.05) is 0 Å². The van der Waals surface area contributed by atoms with Crippen molar-refractivity contribution in [3.8, 4) is 0 Å². The van der Waals surface area contributed by atoms with E-state index in [2.05, 4.69) is 6.58 Å². The van der Waals surface area contributed by atoms with Gasteiger partial charge in [-0.15, -0.1) is 0 Å². The SMILES string of the molecule is C=C(C)C(=O)C(C)(C)OCCC(C)(C)O. The molecule has 0 heterocycles. The van der Waals surface area contributed by atoms with E-state index in [1.54, 1.807) is 34.6 Å². The minimum Gasteiger partial charge on any atom is -0.390 e. The van der Waals surface area contributed by atoms with E-state index in [9.17, 15) is 9.90 Å². The smallest absolute Gasteiger partial charge is 0.189 e. The minimum absolute atomic E-state index is 0.0988. The molecule has 0 aromatic heterocycles. The van der Waals surface area contributed by atoms with E-state index in [0.717, 1.165) is 0 Å². The summed E-state index contributed by atoms with van der Waals surface area (Å²) >= 11 is 0. The van der Waals surface area contributed by atoms with Crippen molar-refractivity contribution < 1.29 is 14.6 Å². The molecule has 3 nitrogen and oxygen atoms in total. The van der Waals surface area contributed by atoms with Gasteiger partial charge in [0.05, 0.1) is 12.2 Å². The highest BCUT2D eigenvalue weighted by Crippen LogP contribution is 2.17. The summed E-state index contributed by atoms with van der Waals surface area (Å²) in [7, 11) is 0. The summed E-state index contributed by atoms with van der Waals surface area (Å²) in [5.41, 5.74) is -1.12. The average Bonchev–Trinajstić information content (AvgIpc) is 1.99. The monoisotopic (exact) mass is 214 g/mol. The number of carbonyl (C=O) groups excluding carboxylic acids is 1. The van der Waals surface area contributed by atoms with Crippen LogP contribution in [0.1, 0.15) is 41.0 Å². The van der Waals surface area contributed by atoms with E-state index in [4.69, 9.17) is 4.74 Å². The van der Waals surface area contributed by atoms with Crippen LogP contribution in [0.25, 0.3) is 0 Å². The van der Waals surface area contributed by atoms with Gasteiger partial charge >= 0.3 is 0 Å². The van der Waals surface area contributed by atoms with Crippen LogP contribution in [0.4, 0.5) is 0 Å². The summed E-state index contributed by atoms with van der Waals surface area (Å²) in [6.07, 6.45) is 0.500. The second kappa shape index (κ2) is 4.90. The van der Waals surface area contributed by atoms with E-state index in [0.29, 0.717) is 18.6 Å². The molecule has 0 saturated carbocycles. The van der Waals surface area contributed by atoms with Gasteiger partial charge in [0.25, 0.3) is 0 Å². The first-order valence-electron chi connectivity index (χ1n) is 5.13. The molecule has 15 heavy (non-hydrogen) atoms. The standard InChI is InChI=1S/C12H22O3/c1-9(2)10(13)12(5,6)15-8-7-11(3,4)14/h14H,1,7-8H2,2-6H3. The second-order valence-corrected chi connectivity index (χ2v) is 5.03. The van der Waals surface area contributed by atoms with Crippen molar-refractivity contribution in [3.05, 3.63) is 12.2 Å². The van der Waals surface area contributed by atoms with Crippen LogP contribution in [0.15, 0.2) is 12.2 Å².